The zero-order valence-electron chi connectivity index (χ0n) is 25.2. The zero-order valence-corrected chi connectivity index (χ0v) is 27.3. The van der Waals surface area contributed by atoms with Crippen LogP contribution in [0.25, 0.3) is 0 Å². The van der Waals surface area contributed by atoms with Gasteiger partial charge >= 0.3 is 263 Å². The number of rotatable bonds is 7. The number of para-hydroxylation sites is 2. The second-order valence-electron chi connectivity index (χ2n) is 12.6. The molecule has 4 heterocycles. The Morgan fingerprint density at radius 3 is 1.57 bits per heavy atom. The average molecular weight is 636 g/mol. The van der Waals surface area contributed by atoms with Crippen LogP contribution in [0.3, 0.4) is 0 Å². The first-order valence-electron chi connectivity index (χ1n) is 16.2. The first-order chi connectivity index (χ1) is 21.7. The summed E-state index contributed by atoms with van der Waals surface area (Å²) in [5, 5.41) is 2.66. The number of fused-ring (bicyclic) bond motifs is 2. The van der Waals surface area contributed by atoms with Crippen LogP contribution < -0.4 is 44.3 Å². The third-order valence-electron chi connectivity index (χ3n) is 10.2. The Labute approximate surface area is 262 Å². The number of unbranched alkanes of at least 4 members (excludes halogenated alkanes) is 2. The number of hydrogen-bond donors (Lipinski definition) is 0. The summed E-state index contributed by atoms with van der Waals surface area (Å²) in [7, 11) is 0. The van der Waals surface area contributed by atoms with Crippen LogP contribution in [0.2, 0.25) is 10.5 Å². The molecule has 9 rings (SSSR count). The maximum atomic E-state index is 6.96. The van der Waals surface area contributed by atoms with Crippen molar-refractivity contribution in [3.05, 3.63) is 97.1 Å². The van der Waals surface area contributed by atoms with Gasteiger partial charge in [-0.25, -0.2) is 0 Å². The summed E-state index contributed by atoms with van der Waals surface area (Å²) in [5.74, 6) is 5.18. The Balaban J connectivity index is 1.30. The fourth-order valence-corrected chi connectivity index (χ4v) is 20.3. The predicted octanol–water partition coefficient (Wildman–Crippen LogP) is 7.47. The van der Waals surface area contributed by atoms with E-state index in [1.165, 1.54) is 47.6 Å². The van der Waals surface area contributed by atoms with Gasteiger partial charge in [-0.05, 0) is 0 Å². The van der Waals surface area contributed by atoms with Gasteiger partial charge in [-0.3, -0.25) is 0 Å². The zero-order chi connectivity index (χ0) is 29.4. The Bertz CT molecular complexity index is 1880. The molecule has 4 aliphatic rings. The molecule has 0 unspecified atom stereocenters. The monoisotopic (exact) mass is 637 g/mol. The van der Waals surface area contributed by atoms with Crippen LogP contribution in [0.4, 0.5) is 17.1 Å². The molecule has 6 heteroatoms. The van der Waals surface area contributed by atoms with E-state index >= 15 is 0 Å². The third-order valence-corrected chi connectivity index (χ3v) is 21.3. The molecule has 0 aliphatic carbocycles. The molecule has 0 spiro atoms. The van der Waals surface area contributed by atoms with Gasteiger partial charge in [0, 0.05) is 0 Å². The van der Waals surface area contributed by atoms with Gasteiger partial charge in [0.05, 0.1) is 0 Å². The summed E-state index contributed by atoms with van der Waals surface area (Å²) in [6.07, 6.45) is 5.01. The van der Waals surface area contributed by atoms with Crippen molar-refractivity contribution in [2.75, 3.05) is 4.90 Å². The third kappa shape index (κ3) is 3.53. The number of hydrogen-bond acceptors (Lipinski definition) is 4. The quantitative estimate of drug-likeness (QED) is 0.170. The van der Waals surface area contributed by atoms with Crippen molar-refractivity contribution in [1.29, 1.82) is 0 Å². The van der Waals surface area contributed by atoms with E-state index in [4.69, 9.17) is 14.2 Å². The molecule has 4 nitrogen and oxygen atoms in total. The van der Waals surface area contributed by atoms with Crippen molar-refractivity contribution >= 4 is 62.2 Å². The second-order valence-corrected chi connectivity index (χ2v) is 21.5. The molecule has 0 bridgehead atoms. The Kier molecular flexibility index (Phi) is 5.96. The molecule has 44 heavy (non-hydrogen) atoms. The number of anilines is 3. The molecule has 5 aromatic rings. The fraction of sp³-hybridized carbons (Fsp3) is 0.211. The molecule has 0 aromatic heterocycles. The van der Waals surface area contributed by atoms with Crippen LogP contribution >= 0.6 is 0 Å². The topological polar surface area (TPSA) is 30.9 Å². The van der Waals surface area contributed by atoms with E-state index in [0.29, 0.717) is 0 Å². The van der Waals surface area contributed by atoms with E-state index in [-0.39, 0.29) is 6.71 Å². The van der Waals surface area contributed by atoms with Crippen molar-refractivity contribution in [2.45, 2.75) is 50.0 Å². The van der Waals surface area contributed by atoms with Gasteiger partial charge < -0.3 is 0 Å². The summed E-state index contributed by atoms with van der Waals surface area (Å²) in [6.45, 7) is 4.67. The van der Waals surface area contributed by atoms with Crippen molar-refractivity contribution in [3.63, 3.8) is 0 Å². The summed E-state index contributed by atoms with van der Waals surface area (Å²) in [6, 6.07) is 35.2. The Morgan fingerprint density at radius 1 is 0.523 bits per heavy atom. The Hall–Kier alpha value is -4.09. The van der Waals surface area contributed by atoms with E-state index in [9.17, 15) is 0 Å². The van der Waals surface area contributed by atoms with Crippen LogP contribution in [0, 0.1) is 0 Å². The van der Waals surface area contributed by atoms with Crippen LogP contribution in [0.5, 0.6) is 34.5 Å². The normalized spacial score (nSPS) is 15.3. The van der Waals surface area contributed by atoms with Crippen molar-refractivity contribution in [1.82, 2.24) is 0 Å². The van der Waals surface area contributed by atoms with Crippen molar-refractivity contribution in [3.8, 4) is 34.5 Å². The van der Waals surface area contributed by atoms with Crippen LogP contribution in [0.1, 0.15) is 39.5 Å². The number of ether oxygens (including phenoxy) is 3. The number of nitrogens with zero attached hydrogens (tertiary/aromatic N) is 1. The molecule has 0 atom stereocenters. The summed E-state index contributed by atoms with van der Waals surface area (Å²) < 4.78 is 23.2. The second kappa shape index (κ2) is 9.96. The first-order valence-corrected chi connectivity index (χ1v) is 21.3. The van der Waals surface area contributed by atoms with Gasteiger partial charge in [0.1, 0.15) is 0 Å². The van der Waals surface area contributed by atoms with Gasteiger partial charge in [-0.2, -0.15) is 0 Å². The van der Waals surface area contributed by atoms with Gasteiger partial charge in [-0.15, -0.1) is 0 Å². The summed E-state index contributed by atoms with van der Waals surface area (Å²) in [5.41, 5.74) is 6.99. The molecule has 0 radical (unpaired) electrons. The standard InChI is InChI=1S/C38H34BGeNO3/c1-3-5-23-40(24-6-4-2)25-13-7-9-15-27(25)41(28-16-10-8-14-26(28)40)29-21-22-34-37-38(29)44-33-20-12-19-32-36(33)39(37)35-30(42-32)17-11-18-31(35)43-34/h7-22H,3-6,23-24H2,1-2H3. The van der Waals surface area contributed by atoms with E-state index in [0.717, 1.165) is 56.6 Å². The average Bonchev–Trinajstić information content (AvgIpc) is 3.07. The fourth-order valence-electron chi connectivity index (χ4n) is 8.27. The summed E-state index contributed by atoms with van der Waals surface area (Å²) in [4.78, 5) is 2.50. The first kappa shape index (κ1) is 26.3. The molecule has 216 valence electrons. The van der Waals surface area contributed by atoms with Crippen LogP contribution in [-0.2, 0) is 0 Å². The van der Waals surface area contributed by atoms with E-state index in [1.807, 2.05) is 12.1 Å². The van der Waals surface area contributed by atoms with Gasteiger partial charge in [0.25, 0.3) is 0 Å². The van der Waals surface area contributed by atoms with Gasteiger partial charge in [0.2, 0.25) is 0 Å². The SMILES string of the molecule is CCC[CH2][Ge]1([CH2]CCC)[c]2ccccc2N(c2ccc3c4c2Oc2cccc5c2B4c2c(cccc2O3)O5)c2cccc[c]21. The van der Waals surface area contributed by atoms with E-state index in [1.54, 1.807) is 8.79 Å². The molecule has 0 N–H and O–H groups in total. The molecule has 4 aliphatic heterocycles. The minimum absolute atomic E-state index is 0.00488. The summed E-state index contributed by atoms with van der Waals surface area (Å²) >= 11 is -2.72. The Morgan fingerprint density at radius 2 is 1.02 bits per heavy atom. The molecule has 0 saturated heterocycles. The minimum atomic E-state index is -2.72. The molecule has 0 fully saturated rings. The van der Waals surface area contributed by atoms with Crippen molar-refractivity contribution < 1.29 is 14.2 Å². The van der Waals surface area contributed by atoms with Gasteiger partial charge in [-0.1, -0.05) is 0 Å². The maximum absolute atomic E-state index is 6.96. The van der Waals surface area contributed by atoms with Crippen molar-refractivity contribution in [2.24, 2.45) is 0 Å². The van der Waals surface area contributed by atoms with Crippen LogP contribution in [0.15, 0.2) is 97.1 Å². The van der Waals surface area contributed by atoms with Crippen LogP contribution in [-0.4, -0.2) is 20.0 Å². The molecular formula is C38H34BGeNO3. The molecular weight excluding hydrogens is 602 g/mol. The molecule has 5 aromatic carbocycles. The van der Waals surface area contributed by atoms with E-state index < -0.39 is 13.3 Å². The van der Waals surface area contributed by atoms with Gasteiger partial charge in [0.15, 0.2) is 0 Å². The predicted molar refractivity (Wildman–Crippen MR) is 183 cm³/mol. The van der Waals surface area contributed by atoms with E-state index in [2.05, 4.69) is 104 Å². The molecule has 0 amide bonds. The number of benzene rings is 5. The molecule has 0 saturated carbocycles.